The van der Waals surface area contributed by atoms with Crippen LogP contribution in [0.15, 0.2) is 0 Å². The van der Waals surface area contributed by atoms with Crippen LogP contribution < -0.4 is 5.32 Å². The zero-order valence-corrected chi connectivity index (χ0v) is 17.6. The summed E-state index contributed by atoms with van der Waals surface area (Å²) in [7, 11) is 0. The Balaban J connectivity index is 2.07. The summed E-state index contributed by atoms with van der Waals surface area (Å²) in [6.07, 6.45) is 16.2. The molecular formula is C22H44N2O2. The highest BCUT2D eigenvalue weighted by Gasteiger charge is 2.35. The van der Waals surface area contributed by atoms with E-state index in [1.54, 1.807) is 0 Å². The number of hydrogen-bond acceptors (Lipinski definition) is 3. The van der Waals surface area contributed by atoms with Crippen molar-refractivity contribution in [3.8, 4) is 0 Å². The molecule has 1 rings (SSSR count). The average Bonchev–Trinajstić information content (AvgIpc) is 2.61. The fraction of sp³-hybridized carbons (Fsp3) is 0.955. The first kappa shape index (κ1) is 23.4. The molecule has 0 spiro atoms. The van der Waals surface area contributed by atoms with Gasteiger partial charge in [0.15, 0.2) is 0 Å². The molecule has 0 aromatic rings. The highest BCUT2D eigenvalue weighted by molar-refractivity contribution is 5.83. The van der Waals surface area contributed by atoms with Crippen LogP contribution in [0.3, 0.4) is 0 Å². The largest absolute Gasteiger partial charge is 0.394 e. The number of nitrogens with zero attached hydrogens (tertiary/aromatic N) is 1. The molecule has 1 heterocycles. The van der Waals surface area contributed by atoms with E-state index in [0.717, 1.165) is 19.5 Å². The molecule has 1 aliphatic rings. The van der Waals surface area contributed by atoms with Gasteiger partial charge in [-0.3, -0.25) is 9.69 Å². The highest BCUT2D eigenvalue weighted by Crippen LogP contribution is 2.18. The van der Waals surface area contributed by atoms with Gasteiger partial charge in [0.25, 0.3) is 0 Å². The van der Waals surface area contributed by atoms with Crippen molar-refractivity contribution in [1.82, 2.24) is 10.2 Å². The van der Waals surface area contributed by atoms with Crippen molar-refractivity contribution in [3.63, 3.8) is 0 Å². The molecule has 1 amide bonds. The molecule has 1 saturated heterocycles. The van der Waals surface area contributed by atoms with Gasteiger partial charge in [0.05, 0.1) is 18.7 Å². The van der Waals surface area contributed by atoms with Crippen molar-refractivity contribution in [2.75, 3.05) is 19.7 Å². The third-order valence-corrected chi connectivity index (χ3v) is 5.61. The lowest BCUT2D eigenvalue weighted by Gasteiger charge is -2.40. The van der Waals surface area contributed by atoms with Crippen molar-refractivity contribution >= 4 is 5.91 Å². The normalized spacial score (nSPS) is 21.3. The van der Waals surface area contributed by atoms with Gasteiger partial charge in [-0.1, -0.05) is 91.4 Å². The molecule has 26 heavy (non-hydrogen) atoms. The topological polar surface area (TPSA) is 52.6 Å². The van der Waals surface area contributed by atoms with E-state index >= 15 is 0 Å². The smallest absolute Gasteiger partial charge is 0.237 e. The first-order chi connectivity index (χ1) is 12.6. The van der Waals surface area contributed by atoms with Crippen molar-refractivity contribution in [1.29, 1.82) is 0 Å². The van der Waals surface area contributed by atoms with Crippen molar-refractivity contribution in [2.45, 2.75) is 110 Å². The highest BCUT2D eigenvalue weighted by atomic mass is 16.3. The Kier molecular flexibility index (Phi) is 13.0. The third kappa shape index (κ3) is 9.36. The molecule has 1 aliphatic heterocycles. The van der Waals surface area contributed by atoms with Gasteiger partial charge in [0.2, 0.25) is 5.91 Å². The van der Waals surface area contributed by atoms with Crippen LogP contribution in [0, 0.1) is 5.92 Å². The Morgan fingerprint density at radius 3 is 1.92 bits per heavy atom. The number of rotatable bonds is 15. The lowest BCUT2D eigenvalue weighted by atomic mass is 9.97. The molecule has 4 nitrogen and oxygen atoms in total. The SMILES string of the molecule is CCCCCCCCCCCCCCN1C[C@H](CO)NC(=O)[C@@H]1C(C)C. The molecule has 0 aliphatic carbocycles. The molecule has 0 saturated carbocycles. The minimum absolute atomic E-state index is 0.0332. The van der Waals surface area contributed by atoms with E-state index < -0.39 is 0 Å². The van der Waals surface area contributed by atoms with E-state index in [9.17, 15) is 9.90 Å². The van der Waals surface area contributed by atoms with E-state index in [1.165, 1.54) is 70.6 Å². The Bertz CT molecular complexity index is 360. The summed E-state index contributed by atoms with van der Waals surface area (Å²) in [4.78, 5) is 14.6. The van der Waals surface area contributed by atoms with Gasteiger partial charge in [-0.2, -0.15) is 0 Å². The number of amides is 1. The molecule has 4 heteroatoms. The number of unbranched alkanes of at least 4 members (excludes halogenated alkanes) is 11. The maximum atomic E-state index is 12.3. The second-order valence-corrected chi connectivity index (χ2v) is 8.46. The van der Waals surface area contributed by atoms with Gasteiger partial charge < -0.3 is 10.4 Å². The van der Waals surface area contributed by atoms with Crippen LogP contribution in [0.4, 0.5) is 0 Å². The predicted molar refractivity (Wildman–Crippen MR) is 110 cm³/mol. The van der Waals surface area contributed by atoms with Crippen LogP contribution >= 0.6 is 0 Å². The maximum absolute atomic E-state index is 12.3. The van der Waals surface area contributed by atoms with E-state index in [0.29, 0.717) is 5.92 Å². The summed E-state index contributed by atoms with van der Waals surface area (Å²) in [5.74, 6) is 0.399. The molecule has 2 atom stereocenters. The monoisotopic (exact) mass is 368 g/mol. The Morgan fingerprint density at radius 2 is 1.46 bits per heavy atom. The third-order valence-electron chi connectivity index (χ3n) is 5.61. The quantitative estimate of drug-likeness (QED) is 0.418. The Morgan fingerprint density at radius 1 is 0.962 bits per heavy atom. The number of hydrogen-bond donors (Lipinski definition) is 2. The summed E-state index contributed by atoms with van der Waals surface area (Å²) >= 11 is 0. The van der Waals surface area contributed by atoms with Crippen molar-refractivity contribution in [2.24, 2.45) is 5.92 Å². The molecule has 0 radical (unpaired) electrons. The zero-order valence-electron chi connectivity index (χ0n) is 17.6. The molecular weight excluding hydrogens is 324 g/mol. The van der Waals surface area contributed by atoms with Crippen LogP contribution in [0.5, 0.6) is 0 Å². The number of piperazine rings is 1. The van der Waals surface area contributed by atoms with Crippen molar-refractivity contribution < 1.29 is 9.90 Å². The summed E-state index contributed by atoms with van der Waals surface area (Å²) < 4.78 is 0. The predicted octanol–water partition coefficient (Wildman–Crippen LogP) is 4.50. The molecule has 154 valence electrons. The van der Waals surface area contributed by atoms with Gasteiger partial charge >= 0.3 is 0 Å². The second kappa shape index (κ2) is 14.4. The Labute approximate surface area is 162 Å². The second-order valence-electron chi connectivity index (χ2n) is 8.46. The number of nitrogens with one attached hydrogen (secondary N) is 1. The van der Waals surface area contributed by atoms with Gasteiger partial charge in [-0.05, 0) is 18.9 Å². The zero-order chi connectivity index (χ0) is 19.2. The fourth-order valence-electron chi connectivity index (χ4n) is 4.11. The number of aliphatic hydroxyl groups is 1. The van der Waals surface area contributed by atoms with Crippen LogP contribution in [0.2, 0.25) is 0 Å². The van der Waals surface area contributed by atoms with Gasteiger partial charge in [0.1, 0.15) is 0 Å². The summed E-state index contributed by atoms with van der Waals surface area (Å²) in [6.45, 7) is 8.28. The summed E-state index contributed by atoms with van der Waals surface area (Å²) in [5, 5.41) is 12.3. The average molecular weight is 369 g/mol. The minimum atomic E-state index is -0.102. The van der Waals surface area contributed by atoms with Gasteiger partial charge in [-0.25, -0.2) is 0 Å². The molecule has 0 aromatic carbocycles. The fourth-order valence-corrected chi connectivity index (χ4v) is 4.11. The molecule has 0 bridgehead atoms. The standard InChI is InChI=1S/C22H44N2O2/c1-4-5-6-7-8-9-10-11-12-13-14-15-16-24-17-20(18-25)23-22(26)21(24)19(2)3/h19-21,25H,4-18H2,1-3H3,(H,23,26)/t20-,21+/m1/s1. The van der Waals surface area contributed by atoms with Gasteiger partial charge in [-0.15, -0.1) is 0 Å². The molecule has 1 fully saturated rings. The lowest BCUT2D eigenvalue weighted by molar-refractivity contribution is -0.133. The van der Waals surface area contributed by atoms with Crippen LogP contribution in [-0.2, 0) is 4.79 Å². The first-order valence-electron chi connectivity index (χ1n) is 11.2. The van der Waals surface area contributed by atoms with Crippen LogP contribution in [0.25, 0.3) is 0 Å². The van der Waals surface area contributed by atoms with Crippen LogP contribution in [-0.4, -0.2) is 47.7 Å². The summed E-state index contributed by atoms with van der Waals surface area (Å²) in [6, 6.07) is -0.139. The Hall–Kier alpha value is -0.610. The molecule has 0 unspecified atom stereocenters. The van der Waals surface area contributed by atoms with Crippen LogP contribution in [0.1, 0.15) is 97.8 Å². The maximum Gasteiger partial charge on any atom is 0.237 e. The van der Waals surface area contributed by atoms with E-state index in [2.05, 4.69) is 31.0 Å². The summed E-state index contributed by atoms with van der Waals surface area (Å²) in [5.41, 5.74) is 0. The van der Waals surface area contributed by atoms with Crippen molar-refractivity contribution in [3.05, 3.63) is 0 Å². The number of carbonyl (C=O) groups is 1. The number of carbonyl (C=O) groups excluding carboxylic acids is 1. The number of aliphatic hydroxyl groups excluding tert-OH is 1. The molecule has 2 N–H and O–H groups in total. The minimum Gasteiger partial charge on any atom is -0.394 e. The van der Waals surface area contributed by atoms with E-state index in [4.69, 9.17) is 0 Å². The van der Waals surface area contributed by atoms with Gasteiger partial charge in [0, 0.05) is 6.54 Å². The lowest BCUT2D eigenvalue weighted by Crippen LogP contribution is -2.62. The molecule has 0 aromatic heterocycles. The first-order valence-corrected chi connectivity index (χ1v) is 11.2. The van der Waals surface area contributed by atoms with E-state index in [-0.39, 0.29) is 24.6 Å². The van der Waals surface area contributed by atoms with E-state index in [1.807, 2.05) is 0 Å².